The SMILES string of the molecule is c1ccc(CO[C@@H]2C[C@H]3CN(Cc4ccccn4)CCN3C2)nc1. The lowest BCUT2D eigenvalue weighted by Crippen LogP contribution is -2.49. The molecule has 0 amide bonds. The van der Waals surface area contributed by atoms with Gasteiger partial charge in [-0.05, 0) is 30.7 Å². The fraction of sp³-hybridized carbons (Fsp3) is 0.474. The highest BCUT2D eigenvalue weighted by Crippen LogP contribution is 2.25. The third-order valence-corrected chi connectivity index (χ3v) is 4.97. The summed E-state index contributed by atoms with van der Waals surface area (Å²) in [4.78, 5) is 13.9. The van der Waals surface area contributed by atoms with E-state index in [1.165, 1.54) is 0 Å². The van der Waals surface area contributed by atoms with E-state index in [0.29, 0.717) is 18.8 Å². The smallest absolute Gasteiger partial charge is 0.0892 e. The summed E-state index contributed by atoms with van der Waals surface area (Å²) in [7, 11) is 0. The molecule has 2 fully saturated rings. The quantitative estimate of drug-likeness (QED) is 0.841. The first-order valence-corrected chi connectivity index (χ1v) is 8.74. The molecule has 4 rings (SSSR count). The van der Waals surface area contributed by atoms with E-state index in [4.69, 9.17) is 4.74 Å². The normalized spacial score (nSPS) is 24.8. The van der Waals surface area contributed by atoms with E-state index < -0.39 is 0 Å². The van der Waals surface area contributed by atoms with Gasteiger partial charge in [0, 0.05) is 51.2 Å². The average molecular weight is 324 g/mol. The van der Waals surface area contributed by atoms with Gasteiger partial charge in [-0.2, -0.15) is 0 Å². The van der Waals surface area contributed by atoms with Crippen LogP contribution in [0.1, 0.15) is 17.8 Å². The Morgan fingerprint density at radius 2 is 1.75 bits per heavy atom. The molecule has 0 unspecified atom stereocenters. The molecule has 0 aliphatic carbocycles. The van der Waals surface area contributed by atoms with Gasteiger partial charge in [0.2, 0.25) is 0 Å². The van der Waals surface area contributed by atoms with Crippen molar-refractivity contribution in [3.8, 4) is 0 Å². The highest BCUT2D eigenvalue weighted by Gasteiger charge is 2.36. The van der Waals surface area contributed by atoms with Crippen LogP contribution < -0.4 is 0 Å². The van der Waals surface area contributed by atoms with Crippen molar-refractivity contribution < 1.29 is 4.74 Å². The fourth-order valence-electron chi connectivity index (χ4n) is 3.73. The second-order valence-electron chi connectivity index (χ2n) is 6.69. The Labute approximate surface area is 143 Å². The van der Waals surface area contributed by atoms with Gasteiger partial charge in [0.15, 0.2) is 0 Å². The maximum atomic E-state index is 6.10. The zero-order chi connectivity index (χ0) is 16.2. The number of hydrogen-bond acceptors (Lipinski definition) is 5. The van der Waals surface area contributed by atoms with Gasteiger partial charge in [-0.3, -0.25) is 19.8 Å². The van der Waals surface area contributed by atoms with Gasteiger partial charge < -0.3 is 4.74 Å². The minimum absolute atomic E-state index is 0.326. The molecular formula is C19H24N4O. The van der Waals surface area contributed by atoms with Crippen molar-refractivity contribution in [3.63, 3.8) is 0 Å². The van der Waals surface area contributed by atoms with Crippen molar-refractivity contribution in [1.29, 1.82) is 0 Å². The van der Waals surface area contributed by atoms with Crippen LogP contribution >= 0.6 is 0 Å². The van der Waals surface area contributed by atoms with Crippen LogP contribution in [0.4, 0.5) is 0 Å². The number of hydrogen-bond donors (Lipinski definition) is 0. The first-order valence-electron chi connectivity index (χ1n) is 8.74. The summed E-state index contributed by atoms with van der Waals surface area (Å²) in [6.45, 7) is 5.96. The minimum atomic E-state index is 0.326. The lowest BCUT2D eigenvalue weighted by atomic mass is 10.1. The predicted octanol–water partition coefficient (Wildman–Crippen LogP) is 1.95. The first-order chi connectivity index (χ1) is 11.9. The van der Waals surface area contributed by atoms with Crippen LogP contribution in [0.15, 0.2) is 48.8 Å². The van der Waals surface area contributed by atoms with Crippen LogP contribution in [0, 0.1) is 0 Å². The largest absolute Gasteiger partial charge is 0.371 e. The van der Waals surface area contributed by atoms with Gasteiger partial charge in [-0.1, -0.05) is 12.1 Å². The Morgan fingerprint density at radius 1 is 0.958 bits per heavy atom. The summed E-state index contributed by atoms with van der Waals surface area (Å²) in [5.41, 5.74) is 2.17. The Bertz CT molecular complexity index is 636. The molecule has 2 saturated heterocycles. The van der Waals surface area contributed by atoms with Crippen LogP contribution in [0.5, 0.6) is 0 Å². The maximum Gasteiger partial charge on any atom is 0.0892 e. The third kappa shape index (κ3) is 3.80. The number of aromatic nitrogens is 2. The van der Waals surface area contributed by atoms with E-state index in [1.54, 1.807) is 0 Å². The van der Waals surface area contributed by atoms with Crippen molar-refractivity contribution in [2.45, 2.75) is 31.7 Å². The number of nitrogens with zero attached hydrogens (tertiary/aromatic N) is 4. The number of fused-ring (bicyclic) bond motifs is 1. The molecule has 5 nitrogen and oxygen atoms in total. The van der Waals surface area contributed by atoms with Gasteiger partial charge in [-0.25, -0.2) is 0 Å². The molecule has 4 heterocycles. The second-order valence-corrected chi connectivity index (χ2v) is 6.69. The summed E-state index contributed by atoms with van der Waals surface area (Å²) < 4.78 is 6.10. The van der Waals surface area contributed by atoms with Crippen LogP contribution in [-0.2, 0) is 17.9 Å². The molecule has 5 heteroatoms. The molecule has 2 atom stereocenters. The van der Waals surface area contributed by atoms with Gasteiger partial charge in [-0.15, -0.1) is 0 Å². The predicted molar refractivity (Wildman–Crippen MR) is 92.3 cm³/mol. The van der Waals surface area contributed by atoms with Crippen molar-refractivity contribution in [2.24, 2.45) is 0 Å². The zero-order valence-corrected chi connectivity index (χ0v) is 13.9. The fourth-order valence-corrected chi connectivity index (χ4v) is 3.73. The Kier molecular flexibility index (Phi) is 4.83. The molecule has 2 aromatic heterocycles. The number of piperazine rings is 1. The van der Waals surface area contributed by atoms with Gasteiger partial charge in [0.25, 0.3) is 0 Å². The number of ether oxygens (including phenoxy) is 1. The maximum absolute atomic E-state index is 6.10. The molecule has 0 N–H and O–H groups in total. The van der Waals surface area contributed by atoms with Crippen molar-refractivity contribution >= 4 is 0 Å². The molecule has 0 radical (unpaired) electrons. The lowest BCUT2D eigenvalue weighted by molar-refractivity contribution is 0.0440. The Morgan fingerprint density at radius 3 is 2.50 bits per heavy atom. The van der Waals surface area contributed by atoms with E-state index >= 15 is 0 Å². The van der Waals surface area contributed by atoms with Crippen LogP contribution in [0.25, 0.3) is 0 Å². The van der Waals surface area contributed by atoms with Gasteiger partial charge >= 0.3 is 0 Å². The molecule has 2 aliphatic rings. The van der Waals surface area contributed by atoms with Crippen molar-refractivity contribution in [2.75, 3.05) is 26.2 Å². The van der Waals surface area contributed by atoms with E-state index in [0.717, 1.165) is 50.5 Å². The molecule has 0 aromatic carbocycles. The second kappa shape index (κ2) is 7.38. The molecule has 0 bridgehead atoms. The van der Waals surface area contributed by atoms with Crippen molar-refractivity contribution in [3.05, 3.63) is 60.2 Å². The molecule has 24 heavy (non-hydrogen) atoms. The monoisotopic (exact) mass is 324 g/mol. The van der Waals surface area contributed by atoms with Gasteiger partial charge in [0.05, 0.1) is 24.1 Å². The lowest BCUT2D eigenvalue weighted by Gasteiger charge is -2.37. The molecule has 2 aliphatic heterocycles. The molecule has 0 spiro atoms. The topological polar surface area (TPSA) is 41.5 Å². The van der Waals surface area contributed by atoms with E-state index in [-0.39, 0.29) is 0 Å². The molecule has 126 valence electrons. The number of rotatable bonds is 5. The molecule has 0 saturated carbocycles. The van der Waals surface area contributed by atoms with Crippen LogP contribution in [-0.4, -0.2) is 58.1 Å². The van der Waals surface area contributed by atoms with Crippen molar-refractivity contribution in [1.82, 2.24) is 19.8 Å². The standard InChI is InChI=1S/C19H24N4O/c1-3-7-20-16(5-1)12-22-9-10-23-14-19(11-18(23)13-22)24-15-17-6-2-4-8-21-17/h1-8,18-19H,9-15H2/t18-,19+/m0/s1. The molecule has 2 aromatic rings. The summed E-state index contributed by atoms with van der Waals surface area (Å²) >= 11 is 0. The van der Waals surface area contributed by atoms with E-state index in [9.17, 15) is 0 Å². The summed E-state index contributed by atoms with van der Waals surface area (Å²) in [5, 5.41) is 0. The zero-order valence-electron chi connectivity index (χ0n) is 13.9. The van der Waals surface area contributed by atoms with Gasteiger partial charge in [0.1, 0.15) is 0 Å². The molecular weight excluding hydrogens is 300 g/mol. The van der Waals surface area contributed by atoms with Crippen LogP contribution in [0.2, 0.25) is 0 Å². The Hall–Kier alpha value is -1.82. The highest BCUT2D eigenvalue weighted by molar-refractivity contribution is 5.05. The summed E-state index contributed by atoms with van der Waals surface area (Å²) in [6, 6.07) is 12.7. The third-order valence-electron chi connectivity index (χ3n) is 4.97. The highest BCUT2D eigenvalue weighted by atomic mass is 16.5. The summed E-state index contributed by atoms with van der Waals surface area (Å²) in [6.07, 6.45) is 5.15. The first kappa shape index (κ1) is 15.7. The minimum Gasteiger partial charge on any atom is -0.371 e. The Balaban J connectivity index is 1.28. The average Bonchev–Trinajstić information content (AvgIpc) is 3.04. The van der Waals surface area contributed by atoms with E-state index in [1.807, 2.05) is 36.7 Å². The van der Waals surface area contributed by atoms with Crippen LogP contribution in [0.3, 0.4) is 0 Å². The van der Waals surface area contributed by atoms with E-state index in [2.05, 4.69) is 31.9 Å². The summed E-state index contributed by atoms with van der Waals surface area (Å²) in [5.74, 6) is 0. The number of pyridine rings is 2.